The Morgan fingerprint density at radius 3 is 2.81 bits per heavy atom. The summed E-state index contributed by atoms with van der Waals surface area (Å²) in [7, 11) is 1.58. The number of hydrogen-bond donors (Lipinski definition) is 1. The molecule has 0 aliphatic rings. The van der Waals surface area contributed by atoms with E-state index in [-0.39, 0.29) is 0 Å². The number of thioether (sulfide) groups is 1. The van der Waals surface area contributed by atoms with Crippen molar-refractivity contribution in [2.75, 3.05) is 19.1 Å². The molecule has 0 saturated heterocycles. The van der Waals surface area contributed by atoms with Crippen LogP contribution in [-0.2, 0) is 0 Å². The minimum Gasteiger partial charge on any atom is -0.496 e. The van der Waals surface area contributed by atoms with Crippen molar-refractivity contribution in [3.63, 3.8) is 0 Å². The standard InChI is InChI=1S/C10H11N3O2S/c1-14-8-4-3-6(11)5-7(8)9-12-13-10(15-9)16-2/h3-5H,11H2,1-2H3. The Labute approximate surface area is 97.0 Å². The topological polar surface area (TPSA) is 74.2 Å². The van der Waals surface area contributed by atoms with Crippen LogP contribution in [0.25, 0.3) is 11.5 Å². The van der Waals surface area contributed by atoms with Crippen molar-refractivity contribution in [1.29, 1.82) is 0 Å². The van der Waals surface area contributed by atoms with Gasteiger partial charge >= 0.3 is 0 Å². The molecule has 6 heteroatoms. The van der Waals surface area contributed by atoms with Crippen LogP contribution in [0.3, 0.4) is 0 Å². The van der Waals surface area contributed by atoms with Crippen LogP contribution in [0.1, 0.15) is 0 Å². The molecule has 0 atom stereocenters. The third-order valence-electron chi connectivity index (χ3n) is 2.04. The van der Waals surface area contributed by atoms with Crippen LogP contribution in [0.15, 0.2) is 27.8 Å². The fourth-order valence-corrected chi connectivity index (χ4v) is 1.58. The predicted octanol–water partition coefficient (Wildman–Crippen LogP) is 2.05. The Balaban J connectivity index is 2.49. The second kappa shape index (κ2) is 4.44. The Morgan fingerprint density at radius 1 is 1.38 bits per heavy atom. The summed E-state index contributed by atoms with van der Waals surface area (Å²) in [6, 6.07) is 5.28. The summed E-state index contributed by atoms with van der Waals surface area (Å²) in [5.41, 5.74) is 7.04. The summed E-state index contributed by atoms with van der Waals surface area (Å²) in [5, 5.41) is 8.31. The van der Waals surface area contributed by atoms with E-state index in [0.717, 1.165) is 0 Å². The molecule has 84 valence electrons. The number of hydrogen-bond acceptors (Lipinski definition) is 6. The van der Waals surface area contributed by atoms with Crippen molar-refractivity contribution in [1.82, 2.24) is 10.2 Å². The molecule has 0 bridgehead atoms. The van der Waals surface area contributed by atoms with Crippen LogP contribution in [0.5, 0.6) is 5.75 Å². The highest BCUT2D eigenvalue weighted by molar-refractivity contribution is 7.98. The molecule has 0 aliphatic heterocycles. The summed E-state index contributed by atoms with van der Waals surface area (Å²) < 4.78 is 10.6. The van der Waals surface area contributed by atoms with Crippen molar-refractivity contribution < 1.29 is 9.15 Å². The van der Waals surface area contributed by atoms with E-state index in [1.54, 1.807) is 25.3 Å². The average molecular weight is 237 g/mol. The van der Waals surface area contributed by atoms with Crippen molar-refractivity contribution in [2.24, 2.45) is 0 Å². The van der Waals surface area contributed by atoms with Gasteiger partial charge in [-0.05, 0) is 24.5 Å². The lowest BCUT2D eigenvalue weighted by atomic mass is 10.2. The molecule has 1 aromatic heterocycles. The van der Waals surface area contributed by atoms with Crippen LogP contribution in [0.2, 0.25) is 0 Å². The number of aromatic nitrogens is 2. The second-order valence-corrected chi connectivity index (χ2v) is 3.79. The Hall–Kier alpha value is -1.69. The zero-order valence-corrected chi connectivity index (χ0v) is 9.75. The number of anilines is 1. The Morgan fingerprint density at radius 2 is 2.19 bits per heavy atom. The van der Waals surface area contributed by atoms with Gasteiger partial charge in [0, 0.05) is 5.69 Å². The van der Waals surface area contributed by atoms with E-state index in [2.05, 4.69) is 10.2 Å². The van der Waals surface area contributed by atoms with Gasteiger partial charge in [-0.25, -0.2) is 0 Å². The zero-order valence-electron chi connectivity index (χ0n) is 8.93. The summed E-state index contributed by atoms with van der Waals surface area (Å²) in [6.07, 6.45) is 1.87. The van der Waals surface area contributed by atoms with Gasteiger partial charge in [-0.1, -0.05) is 11.8 Å². The van der Waals surface area contributed by atoms with Gasteiger partial charge in [0.2, 0.25) is 0 Å². The average Bonchev–Trinajstić information content (AvgIpc) is 2.77. The molecule has 0 radical (unpaired) electrons. The molecule has 1 heterocycles. The first-order valence-corrected chi connectivity index (χ1v) is 5.78. The van der Waals surface area contributed by atoms with Crippen LogP contribution < -0.4 is 10.5 Å². The fraction of sp³-hybridized carbons (Fsp3) is 0.200. The van der Waals surface area contributed by atoms with Gasteiger partial charge in [0.1, 0.15) is 5.75 Å². The molecule has 0 spiro atoms. The van der Waals surface area contributed by atoms with E-state index >= 15 is 0 Å². The molecule has 5 nitrogen and oxygen atoms in total. The minimum atomic E-state index is 0.411. The molecule has 0 fully saturated rings. The quantitative estimate of drug-likeness (QED) is 0.650. The van der Waals surface area contributed by atoms with Crippen LogP contribution >= 0.6 is 11.8 Å². The number of ether oxygens (including phenoxy) is 1. The van der Waals surface area contributed by atoms with E-state index in [1.165, 1.54) is 11.8 Å². The first kappa shape index (κ1) is 10.8. The predicted molar refractivity (Wildman–Crippen MR) is 62.5 cm³/mol. The summed E-state index contributed by atoms with van der Waals surface area (Å²) in [5.74, 6) is 1.07. The second-order valence-electron chi connectivity index (χ2n) is 3.04. The maximum atomic E-state index is 5.71. The van der Waals surface area contributed by atoms with Crippen LogP contribution in [-0.4, -0.2) is 23.6 Å². The maximum absolute atomic E-state index is 5.71. The fourth-order valence-electron chi connectivity index (χ4n) is 1.29. The van der Waals surface area contributed by atoms with Gasteiger partial charge in [-0.2, -0.15) is 0 Å². The van der Waals surface area contributed by atoms with E-state index in [1.807, 2.05) is 6.26 Å². The number of methoxy groups -OCH3 is 1. The number of benzene rings is 1. The third-order valence-corrected chi connectivity index (χ3v) is 2.55. The van der Waals surface area contributed by atoms with E-state index in [0.29, 0.717) is 28.1 Å². The molecule has 16 heavy (non-hydrogen) atoms. The number of nitrogens with two attached hydrogens (primary N) is 1. The molecule has 0 saturated carbocycles. The van der Waals surface area contributed by atoms with Gasteiger partial charge < -0.3 is 14.9 Å². The molecule has 2 N–H and O–H groups in total. The highest BCUT2D eigenvalue weighted by Crippen LogP contribution is 2.31. The number of nitrogen functional groups attached to an aromatic ring is 1. The van der Waals surface area contributed by atoms with Gasteiger partial charge in [0.25, 0.3) is 11.1 Å². The molecule has 2 aromatic rings. The van der Waals surface area contributed by atoms with Gasteiger partial charge in [0.15, 0.2) is 0 Å². The van der Waals surface area contributed by atoms with Gasteiger partial charge in [-0.3, -0.25) is 0 Å². The summed E-state index contributed by atoms with van der Waals surface area (Å²) in [4.78, 5) is 0. The lowest BCUT2D eigenvalue weighted by Gasteiger charge is -2.05. The highest BCUT2D eigenvalue weighted by Gasteiger charge is 2.13. The molecule has 0 amide bonds. The van der Waals surface area contributed by atoms with Crippen molar-refractivity contribution in [2.45, 2.75) is 5.22 Å². The number of rotatable bonds is 3. The van der Waals surface area contributed by atoms with Crippen molar-refractivity contribution in [3.8, 4) is 17.2 Å². The van der Waals surface area contributed by atoms with Gasteiger partial charge in [-0.15, -0.1) is 10.2 Å². The number of nitrogens with zero attached hydrogens (tertiary/aromatic N) is 2. The minimum absolute atomic E-state index is 0.411. The van der Waals surface area contributed by atoms with Crippen LogP contribution in [0.4, 0.5) is 5.69 Å². The Kier molecular flexibility index (Phi) is 3.00. The molecule has 1 aromatic carbocycles. The lowest BCUT2D eigenvalue weighted by molar-refractivity contribution is 0.411. The summed E-state index contributed by atoms with van der Waals surface area (Å²) in [6.45, 7) is 0. The third kappa shape index (κ3) is 1.96. The monoisotopic (exact) mass is 237 g/mol. The van der Waals surface area contributed by atoms with E-state index in [4.69, 9.17) is 14.9 Å². The van der Waals surface area contributed by atoms with E-state index < -0.39 is 0 Å². The van der Waals surface area contributed by atoms with Gasteiger partial charge in [0.05, 0.1) is 12.7 Å². The molecular formula is C10H11N3O2S. The largest absolute Gasteiger partial charge is 0.496 e. The van der Waals surface area contributed by atoms with Crippen molar-refractivity contribution >= 4 is 17.4 Å². The maximum Gasteiger partial charge on any atom is 0.276 e. The summed E-state index contributed by atoms with van der Waals surface area (Å²) >= 11 is 1.39. The zero-order chi connectivity index (χ0) is 11.5. The first-order chi connectivity index (χ1) is 7.74. The Bertz CT molecular complexity index is 499. The SMILES string of the molecule is COc1ccc(N)cc1-c1nnc(SC)o1. The molecule has 0 unspecified atom stereocenters. The van der Waals surface area contributed by atoms with Crippen LogP contribution in [0, 0.1) is 0 Å². The molecule has 0 aliphatic carbocycles. The lowest BCUT2D eigenvalue weighted by Crippen LogP contribution is -1.91. The molecular weight excluding hydrogens is 226 g/mol. The normalized spacial score (nSPS) is 10.4. The molecule has 2 rings (SSSR count). The van der Waals surface area contributed by atoms with E-state index in [9.17, 15) is 0 Å². The highest BCUT2D eigenvalue weighted by atomic mass is 32.2. The first-order valence-electron chi connectivity index (χ1n) is 4.56. The smallest absolute Gasteiger partial charge is 0.276 e. The van der Waals surface area contributed by atoms with Crippen molar-refractivity contribution in [3.05, 3.63) is 18.2 Å².